The van der Waals surface area contributed by atoms with Gasteiger partial charge in [-0.2, -0.15) is 5.26 Å². The van der Waals surface area contributed by atoms with Crippen LogP contribution >= 0.6 is 11.6 Å². The van der Waals surface area contributed by atoms with Gasteiger partial charge >= 0.3 is 0 Å². The van der Waals surface area contributed by atoms with Crippen molar-refractivity contribution >= 4 is 11.6 Å². The van der Waals surface area contributed by atoms with Crippen LogP contribution in [-0.4, -0.2) is 19.6 Å². The molecule has 0 amide bonds. The molecule has 0 spiro atoms. The molecular weight excluding hydrogens is 334 g/mol. The number of halogens is 1. The fraction of sp³-hybridized carbons (Fsp3) is 0.381. The lowest BCUT2D eigenvalue weighted by Gasteiger charge is -2.28. The van der Waals surface area contributed by atoms with E-state index in [1.165, 1.54) is 0 Å². The largest absolute Gasteiger partial charge is 0.497 e. The van der Waals surface area contributed by atoms with Crippen molar-refractivity contribution in [2.45, 2.75) is 32.6 Å². The van der Waals surface area contributed by atoms with E-state index in [4.69, 9.17) is 21.1 Å². The van der Waals surface area contributed by atoms with Gasteiger partial charge in [0.2, 0.25) is 0 Å². The van der Waals surface area contributed by atoms with Gasteiger partial charge in [-0.15, -0.1) is 11.6 Å². The first kappa shape index (κ1) is 19.1. The number of ether oxygens (including phenoxy) is 2. The Bertz CT molecular complexity index is 761. The summed E-state index contributed by atoms with van der Waals surface area (Å²) >= 11 is 5.73. The summed E-state index contributed by atoms with van der Waals surface area (Å²) < 4.78 is 11.0. The number of hydrogen-bond acceptors (Lipinski definition) is 3. The molecule has 0 aliphatic carbocycles. The molecule has 132 valence electrons. The van der Waals surface area contributed by atoms with Gasteiger partial charge in [0.1, 0.15) is 24.2 Å². The predicted molar refractivity (Wildman–Crippen MR) is 102 cm³/mol. The van der Waals surface area contributed by atoms with E-state index in [0.717, 1.165) is 28.9 Å². The van der Waals surface area contributed by atoms with Crippen LogP contribution in [-0.2, 0) is 11.8 Å². The van der Waals surface area contributed by atoms with Crippen LogP contribution in [0.15, 0.2) is 36.4 Å². The molecule has 0 aromatic heterocycles. The molecule has 0 aliphatic heterocycles. The zero-order valence-corrected chi connectivity index (χ0v) is 16.0. The fourth-order valence-corrected chi connectivity index (χ4v) is 2.96. The van der Waals surface area contributed by atoms with E-state index in [1.807, 2.05) is 18.2 Å². The second kappa shape index (κ2) is 8.27. The van der Waals surface area contributed by atoms with Crippen molar-refractivity contribution in [2.75, 3.05) is 19.6 Å². The average molecular weight is 358 g/mol. The van der Waals surface area contributed by atoms with Crippen molar-refractivity contribution in [1.82, 2.24) is 0 Å². The summed E-state index contributed by atoms with van der Waals surface area (Å²) in [5, 5.41) is 9.59. The zero-order valence-electron chi connectivity index (χ0n) is 15.2. The van der Waals surface area contributed by atoms with Gasteiger partial charge in [0.25, 0.3) is 0 Å². The van der Waals surface area contributed by atoms with Gasteiger partial charge in [-0.05, 0) is 41.3 Å². The molecule has 0 heterocycles. The zero-order chi connectivity index (χ0) is 18.4. The third-order valence-electron chi connectivity index (χ3n) is 4.52. The number of nitrogens with zero attached hydrogens (tertiary/aromatic N) is 1. The van der Waals surface area contributed by atoms with Crippen LogP contribution in [0, 0.1) is 11.3 Å². The molecule has 2 aromatic rings. The van der Waals surface area contributed by atoms with E-state index in [2.05, 4.69) is 45.0 Å². The van der Waals surface area contributed by atoms with Gasteiger partial charge in [0.05, 0.1) is 18.6 Å². The first-order chi connectivity index (χ1) is 12.0. The average Bonchev–Trinajstić information content (AvgIpc) is 2.65. The summed E-state index contributed by atoms with van der Waals surface area (Å²) in [6.07, 6.45) is 0.791. The molecule has 2 rings (SSSR count). The Kier molecular flexibility index (Phi) is 6.33. The van der Waals surface area contributed by atoms with Crippen molar-refractivity contribution < 1.29 is 9.47 Å². The van der Waals surface area contributed by atoms with Gasteiger partial charge in [0.15, 0.2) is 0 Å². The number of rotatable bonds is 7. The van der Waals surface area contributed by atoms with Gasteiger partial charge < -0.3 is 9.47 Å². The van der Waals surface area contributed by atoms with E-state index < -0.39 is 0 Å². The van der Waals surface area contributed by atoms with E-state index in [-0.39, 0.29) is 5.41 Å². The Morgan fingerprint density at radius 2 is 1.80 bits per heavy atom. The summed E-state index contributed by atoms with van der Waals surface area (Å²) in [5.41, 5.74) is 3.59. The minimum absolute atomic E-state index is 0.243. The Balaban J connectivity index is 2.51. The van der Waals surface area contributed by atoms with Crippen molar-refractivity contribution in [3.8, 4) is 17.6 Å². The summed E-state index contributed by atoms with van der Waals surface area (Å²) in [6, 6.07) is 14.4. The number of hydrogen-bond donors (Lipinski definition) is 0. The third-order valence-corrected chi connectivity index (χ3v) is 4.68. The second-order valence-electron chi connectivity index (χ2n) is 6.37. The summed E-state index contributed by atoms with van der Waals surface area (Å²) in [5.74, 6) is 1.88. The molecule has 0 atom stereocenters. The molecule has 25 heavy (non-hydrogen) atoms. The quantitative estimate of drug-likeness (QED) is 0.649. The van der Waals surface area contributed by atoms with Crippen molar-refractivity contribution in [3.63, 3.8) is 0 Å². The lowest BCUT2D eigenvalue weighted by molar-refractivity contribution is 0.338. The molecule has 0 saturated carbocycles. The number of benzene rings is 2. The summed E-state index contributed by atoms with van der Waals surface area (Å²) in [4.78, 5) is 0. The summed E-state index contributed by atoms with van der Waals surface area (Å²) in [7, 11) is 1.66. The van der Waals surface area contributed by atoms with Gasteiger partial charge in [-0.3, -0.25) is 0 Å². The first-order valence-electron chi connectivity index (χ1n) is 8.38. The SMILES string of the molecule is CCc1cc(C(C)(C)c2ccc(OC)cc2)cc(C#N)c1OCCCl. The molecule has 0 unspecified atom stereocenters. The highest BCUT2D eigenvalue weighted by Crippen LogP contribution is 2.37. The molecule has 0 fully saturated rings. The minimum atomic E-state index is -0.243. The standard InChI is InChI=1S/C21H24ClNO2/c1-5-15-12-18(13-16(14-23)20(15)25-11-10-22)21(2,3)17-6-8-19(24-4)9-7-17/h6-9,12-13H,5,10-11H2,1-4H3. The molecular formula is C21H24ClNO2. The van der Waals surface area contributed by atoms with Crippen molar-refractivity contribution in [3.05, 3.63) is 58.7 Å². The van der Waals surface area contributed by atoms with Gasteiger partial charge in [-0.25, -0.2) is 0 Å². The van der Waals surface area contributed by atoms with E-state index in [9.17, 15) is 5.26 Å². The van der Waals surface area contributed by atoms with Crippen LogP contribution in [0.25, 0.3) is 0 Å². The lowest BCUT2D eigenvalue weighted by Crippen LogP contribution is -2.20. The van der Waals surface area contributed by atoms with E-state index in [1.54, 1.807) is 7.11 Å². The van der Waals surface area contributed by atoms with Crippen molar-refractivity contribution in [1.29, 1.82) is 5.26 Å². The molecule has 0 saturated heterocycles. The van der Waals surface area contributed by atoms with Crippen LogP contribution in [0.3, 0.4) is 0 Å². The van der Waals surface area contributed by atoms with Crippen LogP contribution in [0.5, 0.6) is 11.5 Å². The summed E-state index contributed by atoms with van der Waals surface area (Å²) in [6.45, 7) is 6.77. The Labute approximate surface area is 155 Å². The Hall–Kier alpha value is -2.18. The van der Waals surface area contributed by atoms with E-state index >= 15 is 0 Å². The minimum Gasteiger partial charge on any atom is -0.497 e. The fourth-order valence-electron chi connectivity index (χ4n) is 2.88. The Morgan fingerprint density at radius 1 is 1.12 bits per heavy atom. The molecule has 4 heteroatoms. The molecule has 3 nitrogen and oxygen atoms in total. The monoisotopic (exact) mass is 357 g/mol. The number of aryl methyl sites for hydroxylation is 1. The highest BCUT2D eigenvalue weighted by molar-refractivity contribution is 6.18. The second-order valence-corrected chi connectivity index (χ2v) is 6.75. The number of nitriles is 1. The topological polar surface area (TPSA) is 42.2 Å². The number of methoxy groups -OCH3 is 1. The highest BCUT2D eigenvalue weighted by atomic mass is 35.5. The number of alkyl halides is 1. The smallest absolute Gasteiger partial charge is 0.140 e. The van der Waals surface area contributed by atoms with Gasteiger partial charge in [-0.1, -0.05) is 39.0 Å². The molecule has 0 N–H and O–H groups in total. The lowest BCUT2D eigenvalue weighted by atomic mass is 9.77. The molecule has 0 bridgehead atoms. The predicted octanol–water partition coefficient (Wildman–Crippen LogP) is 5.07. The normalized spacial score (nSPS) is 11.0. The molecule has 2 aromatic carbocycles. The third kappa shape index (κ3) is 4.08. The first-order valence-corrected chi connectivity index (χ1v) is 8.92. The van der Waals surface area contributed by atoms with Crippen molar-refractivity contribution in [2.24, 2.45) is 0 Å². The van der Waals surface area contributed by atoms with Crippen LogP contribution in [0.2, 0.25) is 0 Å². The maximum atomic E-state index is 9.59. The maximum Gasteiger partial charge on any atom is 0.140 e. The molecule has 0 radical (unpaired) electrons. The Morgan fingerprint density at radius 3 is 2.32 bits per heavy atom. The molecule has 0 aliphatic rings. The van der Waals surface area contributed by atoms with Crippen LogP contribution in [0.4, 0.5) is 0 Å². The van der Waals surface area contributed by atoms with E-state index in [0.29, 0.717) is 23.8 Å². The van der Waals surface area contributed by atoms with Crippen LogP contribution in [0.1, 0.15) is 43.0 Å². The van der Waals surface area contributed by atoms with Crippen LogP contribution < -0.4 is 9.47 Å². The van der Waals surface area contributed by atoms with Gasteiger partial charge in [0, 0.05) is 5.41 Å². The maximum absolute atomic E-state index is 9.59. The highest BCUT2D eigenvalue weighted by Gasteiger charge is 2.26.